The van der Waals surface area contributed by atoms with E-state index in [9.17, 15) is 9.90 Å². The lowest BCUT2D eigenvalue weighted by atomic mass is 10.1. The lowest BCUT2D eigenvalue weighted by Gasteiger charge is -2.21. The van der Waals surface area contributed by atoms with E-state index in [4.69, 9.17) is 14.7 Å². The van der Waals surface area contributed by atoms with E-state index in [1.165, 1.54) is 0 Å². The number of hydrogen-bond donors (Lipinski definition) is 2. The molecule has 1 saturated heterocycles. The van der Waals surface area contributed by atoms with Gasteiger partial charge in [-0.25, -0.2) is 14.8 Å². The van der Waals surface area contributed by atoms with E-state index in [1.807, 2.05) is 51.1 Å². The number of alkyl carbamates (subject to hydrolysis) is 1. The Hall–Kier alpha value is -3.35. The molecule has 1 atom stereocenters. The fourth-order valence-corrected chi connectivity index (χ4v) is 3.73. The third-order valence-corrected chi connectivity index (χ3v) is 5.13. The molecule has 0 unspecified atom stereocenters. The summed E-state index contributed by atoms with van der Waals surface area (Å²) in [5.41, 5.74) is 2.53. The first-order valence-electron chi connectivity index (χ1n) is 10.2. The van der Waals surface area contributed by atoms with Crippen LogP contribution < -0.4 is 10.2 Å². The third kappa shape index (κ3) is 4.15. The first kappa shape index (κ1) is 19.9. The molecule has 1 aliphatic heterocycles. The molecule has 0 bridgehead atoms. The number of aromatic nitrogens is 2. The Kier molecular flexibility index (Phi) is 5.44. The maximum Gasteiger partial charge on any atom is 0.407 e. The van der Waals surface area contributed by atoms with E-state index >= 15 is 0 Å². The number of phenolic OH excluding ortho intramolecular Hbond substituents is 1. The summed E-state index contributed by atoms with van der Waals surface area (Å²) in [6.45, 7) is 7.07. The summed E-state index contributed by atoms with van der Waals surface area (Å²) in [5, 5.41) is 14.2. The summed E-state index contributed by atoms with van der Waals surface area (Å²) < 4.78 is 5.20. The Morgan fingerprint density at radius 1 is 1.23 bits per heavy atom. The molecular weight excluding hydrogens is 380 g/mol. The van der Waals surface area contributed by atoms with Crippen LogP contribution >= 0.6 is 0 Å². The summed E-state index contributed by atoms with van der Waals surface area (Å²) in [4.78, 5) is 23.7. The maximum atomic E-state index is 12.0. The number of anilines is 1. The van der Waals surface area contributed by atoms with Crippen LogP contribution in [0.1, 0.15) is 25.8 Å². The van der Waals surface area contributed by atoms with E-state index in [0.29, 0.717) is 17.9 Å². The van der Waals surface area contributed by atoms with Crippen molar-refractivity contribution in [3.63, 3.8) is 0 Å². The quantitative estimate of drug-likeness (QED) is 0.680. The first-order chi connectivity index (χ1) is 14.4. The van der Waals surface area contributed by atoms with Crippen LogP contribution in [-0.4, -0.2) is 46.4 Å². The van der Waals surface area contributed by atoms with Crippen LogP contribution in [0.15, 0.2) is 42.5 Å². The maximum absolute atomic E-state index is 12.0. The molecule has 3 aromatic rings. The van der Waals surface area contributed by atoms with E-state index in [1.54, 1.807) is 12.1 Å². The Morgan fingerprint density at radius 2 is 2.03 bits per heavy atom. The molecule has 156 valence electrons. The highest BCUT2D eigenvalue weighted by molar-refractivity contribution is 5.92. The number of aromatic hydroxyl groups is 1. The Morgan fingerprint density at radius 3 is 2.80 bits per heavy atom. The summed E-state index contributed by atoms with van der Waals surface area (Å²) in [5.74, 6) is 1.43. The van der Waals surface area contributed by atoms with Gasteiger partial charge in [0.1, 0.15) is 11.6 Å². The van der Waals surface area contributed by atoms with Gasteiger partial charge in [0.2, 0.25) is 0 Å². The standard InChI is InChI=1S/C23H26N4O3/c1-14(2)30-23(29)24-16-10-11-27(13-16)22-17-9-8-15(3)12-19(17)25-21(26-22)18-6-4-5-7-20(18)28/h4-9,12,14,16,28H,10-11,13H2,1-3H3,(H,24,29)/t16-/m1/s1. The molecule has 1 aliphatic rings. The summed E-state index contributed by atoms with van der Waals surface area (Å²) in [7, 11) is 0. The summed E-state index contributed by atoms with van der Waals surface area (Å²) in [6.07, 6.45) is 0.254. The number of fused-ring (bicyclic) bond motifs is 1. The van der Waals surface area contributed by atoms with Gasteiger partial charge in [0.05, 0.1) is 23.2 Å². The first-order valence-corrected chi connectivity index (χ1v) is 10.2. The SMILES string of the molecule is Cc1ccc2c(N3CC[C@@H](NC(=O)OC(C)C)C3)nc(-c3ccccc3O)nc2c1. The van der Waals surface area contributed by atoms with E-state index in [0.717, 1.165) is 35.2 Å². The Balaban J connectivity index is 1.68. The fraction of sp³-hybridized carbons (Fsp3) is 0.348. The van der Waals surface area contributed by atoms with Crippen molar-refractivity contribution in [1.82, 2.24) is 15.3 Å². The number of carbonyl (C=O) groups is 1. The lowest BCUT2D eigenvalue weighted by molar-refractivity contribution is 0.113. The van der Waals surface area contributed by atoms with Crippen molar-refractivity contribution < 1.29 is 14.6 Å². The Labute approximate surface area is 175 Å². The number of rotatable bonds is 4. The molecule has 0 saturated carbocycles. The molecule has 7 nitrogen and oxygen atoms in total. The zero-order valence-electron chi connectivity index (χ0n) is 17.4. The van der Waals surface area contributed by atoms with Crippen molar-refractivity contribution in [2.75, 3.05) is 18.0 Å². The number of benzene rings is 2. The molecule has 2 heterocycles. The van der Waals surface area contributed by atoms with E-state index < -0.39 is 6.09 Å². The summed E-state index contributed by atoms with van der Waals surface area (Å²) in [6, 6.07) is 13.2. The minimum absolute atomic E-state index is 0.0136. The van der Waals surface area contributed by atoms with Gasteiger partial charge in [-0.15, -0.1) is 0 Å². The van der Waals surface area contributed by atoms with Gasteiger partial charge in [-0.1, -0.05) is 18.2 Å². The fourth-order valence-electron chi connectivity index (χ4n) is 3.73. The number of amides is 1. The number of para-hydroxylation sites is 1. The normalized spacial score (nSPS) is 16.3. The molecule has 0 aliphatic carbocycles. The minimum Gasteiger partial charge on any atom is -0.507 e. The Bertz CT molecular complexity index is 1080. The molecule has 7 heteroatoms. The van der Waals surface area contributed by atoms with Crippen molar-refractivity contribution >= 4 is 22.8 Å². The largest absolute Gasteiger partial charge is 0.507 e. The van der Waals surface area contributed by atoms with Crippen LogP contribution in [0.5, 0.6) is 5.75 Å². The second kappa shape index (κ2) is 8.18. The molecule has 0 radical (unpaired) electrons. The molecule has 1 amide bonds. The van der Waals surface area contributed by atoms with Crippen LogP contribution in [0.3, 0.4) is 0 Å². The van der Waals surface area contributed by atoms with Gasteiger partial charge in [-0.2, -0.15) is 0 Å². The van der Waals surface area contributed by atoms with Crippen LogP contribution in [0.4, 0.5) is 10.6 Å². The van der Waals surface area contributed by atoms with Crippen molar-refractivity contribution in [2.24, 2.45) is 0 Å². The van der Waals surface area contributed by atoms with Crippen molar-refractivity contribution in [3.05, 3.63) is 48.0 Å². The van der Waals surface area contributed by atoms with Crippen LogP contribution in [0.25, 0.3) is 22.3 Å². The smallest absolute Gasteiger partial charge is 0.407 e. The second-order valence-electron chi connectivity index (χ2n) is 7.94. The highest BCUT2D eigenvalue weighted by Crippen LogP contribution is 2.33. The van der Waals surface area contributed by atoms with Gasteiger partial charge < -0.3 is 20.1 Å². The highest BCUT2D eigenvalue weighted by atomic mass is 16.6. The zero-order chi connectivity index (χ0) is 21.3. The number of nitrogens with one attached hydrogen (secondary N) is 1. The molecule has 4 rings (SSSR count). The number of ether oxygens (including phenoxy) is 1. The monoisotopic (exact) mass is 406 g/mol. The van der Waals surface area contributed by atoms with Gasteiger partial charge in [0.25, 0.3) is 0 Å². The molecule has 1 aromatic heterocycles. The van der Waals surface area contributed by atoms with Gasteiger partial charge in [-0.3, -0.25) is 0 Å². The van der Waals surface area contributed by atoms with Gasteiger partial charge in [0.15, 0.2) is 5.82 Å². The minimum atomic E-state index is -0.394. The topological polar surface area (TPSA) is 87.6 Å². The zero-order valence-corrected chi connectivity index (χ0v) is 17.4. The molecular formula is C23H26N4O3. The van der Waals surface area contributed by atoms with E-state index in [2.05, 4.69) is 10.2 Å². The number of carbonyl (C=O) groups excluding carboxylic acids is 1. The van der Waals surface area contributed by atoms with Crippen molar-refractivity contribution in [1.29, 1.82) is 0 Å². The lowest BCUT2D eigenvalue weighted by Crippen LogP contribution is -2.38. The van der Waals surface area contributed by atoms with Crippen molar-refractivity contribution in [2.45, 2.75) is 39.3 Å². The third-order valence-electron chi connectivity index (χ3n) is 5.13. The average molecular weight is 406 g/mol. The second-order valence-corrected chi connectivity index (χ2v) is 7.94. The number of aryl methyl sites for hydroxylation is 1. The van der Waals surface area contributed by atoms with E-state index in [-0.39, 0.29) is 17.9 Å². The predicted molar refractivity (Wildman–Crippen MR) is 117 cm³/mol. The molecule has 30 heavy (non-hydrogen) atoms. The van der Waals surface area contributed by atoms with Crippen LogP contribution in [0.2, 0.25) is 0 Å². The number of phenols is 1. The number of hydrogen-bond acceptors (Lipinski definition) is 6. The molecule has 2 aromatic carbocycles. The molecule has 0 spiro atoms. The molecule has 2 N–H and O–H groups in total. The predicted octanol–water partition coefficient (Wildman–Crippen LogP) is 4.02. The van der Waals surface area contributed by atoms with Crippen LogP contribution in [-0.2, 0) is 4.74 Å². The van der Waals surface area contributed by atoms with Crippen molar-refractivity contribution in [3.8, 4) is 17.1 Å². The molecule has 1 fully saturated rings. The number of nitrogens with zero attached hydrogens (tertiary/aromatic N) is 3. The summed E-state index contributed by atoms with van der Waals surface area (Å²) >= 11 is 0. The average Bonchev–Trinajstić information content (AvgIpc) is 3.14. The van der Waals surface area contributed by atoms with Gasteiger partial charge in [-0.05, 0) is 57.0 Å². The van der Waals surface area contributed by atoms with Gasteiger partial charge >= 0.3 is 6.09 Å². The van der Waals surface area contributed by atoms with Crippen LogP contribution in [0, 0.1) is 6.92 Å². The highest BCUT2D eigenvalue weighted by Gasteiger charge is 2.27. The van der Waals surface area contributed by atoms with Gasteiger partial charge in [0, 0.05) is 18.5 Å².